The largest absolute Gasteiger partial charge is 0.495 e. The van der Waals surface area contributed by atoms with Gasteiger partial charge in [0.15, 0.2) is 0 Å². The van der Waals surface area contributed by atoms with Crippen molar-refractivity contribution in [3.63, 3.8) is 0 Å². The zero-order chi connectivity index (χ0) is 12.8. The van der Waals surface area contributed by atoms with Crippen LogP contribution in [-0.2, 0) is 6.54 Å². The van der Waals surface area contributed by atoms with Crippen LogP contribution < -0.4 is 14.8 Å². The first kappa shape index (κ1) is 14.3. The van der Waals surface area contributed by atoms with Crippen molar-refractivity contribution in [2.24, 2.45) is 5.92 Å². The van der Waals surface area contributed by atoms with Crippen molar-refractivity contribution in [2.45, 2.75) is 20.4 Å². The summed E-state index contributed by atoms with van der Waals surface area (Å²) in [6.07, 6.45) is 0. The van der Waals surface area contributed by atoms with Crippen molar-refractivity contribution < 1.29 is 9.47 Å². The average Bonchev–Trinajstić information content (AvgIpc) is 2.29. The number of halogens is 1. The Hall–Kier alpha value is -0.740. The van der Waals surface area contributed by atoms with E-state index in [1.165, 1.54) is 0 Å². The highest BCUT2D eigenvalue weighted by Gasteiger charge is 2.12. The smallest absolute Gasteiger partial charge is 0.141 e. The Bertz CT molecular complexity index is 367. The fourth-order valence-corrected chi connectivity index (χ4v) is 2.30. The average molecular weight is 302 g/mol. The Labute approximate surface area is 112 Å². The Kier molecular flexibility index (Phi) is 5.78. The number of nitrogens with one attached hydrogen (secondary N) is 1. The lowest BCUT2D eigenvalue weighted by atomic mass is 10.1. The maximum atomic E-state index is 5.41. The monoisotopic (exact) mass is 301 g/mol. The summed E-state index contributed by atoms with van der Waals surface area (Å²) in [5.74, 6) is 2.26. The molecular weight excluding hydrogens is 282 g/mol. The zero-order valence-electron chi connectivity index (χ0n) is 10.8. The molecule has 0 spiro atoms. The van der Waals surface area contributed by atoms with Crippen molar-refractivity contribution in [2.75, 3.05) is 20.8 Å². The predicted molar refractivity (Wildman–Crippen MR) is 73.8 cm³/mol. The highest BCUT2D eigenvalue weighted by atomic mass is 79.9. The molecule has 0 aliphatic rings. The summed E-state index contributed by atoms with van der Waals surface area (Å²) >= 11 is 3.50. The van der Waals surface area contributed by atoms with Gasteiger partial charge in [-0.3, -0.25) is 0 Å². The quantitative estimate of drug-likeness (QED) is 0.875. The molecule has 1 aromatic carbocycles. The molecule has 0 bridgehead atoms. The third-order valence-corrected chi connectivity index (χ3v) is 3.19. The van der Waals surface area contributed by atoms with Gasteiger partial charge in [-0.05, 0) is 34.5 Å². The lowest BCUT2D eigenvalue weighted by molar-refractivity contribution is 0.384. The third kappa shape index (κ3) is 3.89. The van der Waals surface area contributed by atoms with Gasteiger partial charge in [0.2, 0.25) is 0 Å². The SMILES string of the molecule is COc1ccc(CNCC(C)C)c(OC)c1Br. The van der Waals surface area contributed by atoms with E-state index in [0.29, 0.717) is 5.92 Å². The van der Waals surface area contributed by atoms with Crippen molar-refractivity contribution in [1.82, 2.24) is 5.32 Å². The van der Waals surface area contributed by atoms with Gasteiger partial charge in [-0.15, -0.1) is 0 Å². The van der Waals surface area contributed by atoms with Crippen LogP contribution in [0.5, 0.6) is 11.5 Å². The molecule has 4 heteroatoms. The second-order valence-electron chi connectivity index (χ2n) is 4.30. The van der Waals surface area contributed by atoms with Gasteiger partial charge in [0.1, 0.15) is 16.0 Å². The summed E-state index contributed by atoms with van der Waals surface area (Å²) in [5.41, 5.74) is 1.13. The summed E-state index contributed by atoms with van der Waals surface area (Å²) in [6, 6.07) is 3.97. The molecule has 1 aromatic rings. The van der Waals surface area contributed by atoms with Gasteiger partial charge < -0.3 is 14.8 Å². The maximum absolute atomic E-state index is 5.41. The Morgan fingerprint density at radius 3 is 2.47 bits per heavy atom. The normalized spacial score (nSPS) is 10.7. The van der Waals surface area contributed by atoms with Crippen molar-refractivity contribution in [3.8, 4) is 11.5 Å². The van der Waals surface area contributed by atoms with Crippen LogP contribution in [-0.4, -0.2) is 20.8 Å². The van der Waals surface area contributed by atoms with Crippen molar-refractivity contribution in [1.29, 1.82) is 0 Å². The molecule has 0 aliphatic heterocycles. The highest BCUT2D eigenvalue weighted by Crippen LogP contribution is 2.36. The number of rotatable bonds is 6. The maximum Gasteiger partial charge on any atom is 0.141 e. The Balaban J connectivity index is 2.81. The van der Waals surface area contributed by atoms with Gasteiger partial charge in [-0.2, -0.15) is 0 Å². The summed E-state index contributed by atoms with van der Waals surface area (Å²) < 4.78 is 11.5. The highest BCUT2D eigenvalue weighted by molar-refractivity contribution is 9.10. The molecule has 1 rings (SSSR count). The number of ether oxygens (including phenoxy) is 2. The molecule has 1 N–H and O–H groups in total. The minimum Gasteiger partial charge on any atom is -0.495 e. The van der Waals surface area contributed by atoms with Gasteiger partial charge in [-0.25, -0.2) is 0 Å². The molecule has 0 aliphatic carbocycles. The van der Waals surface area contributed by atoms with E-state index < -0.39 is 0 Å². The van der Waals surface area contributed by atoms with E-state index >= 15 is 0 Å². The van der Waals surface area contributed by atoms with Crippen LogP contribution in [0.25, 0.3) is 0 Å². The minimum atomic E-state index is 0.641. The molecule has 96 valence electrons. The first-order valence-corrected chi connectivity index (χ1v) is 6.49. The summed E-state index contributed by atoms with van der Waals surface area (Å²) in [4.78, 5) is 0. The topological polar surface area (TPSA) is 30.5 Å². The van der Waals surface area contributed by atoms with Crippen LogP contribution in [0.4, 0.5) is 0 Å². The summed E-state index contributed by atoms with van der Waals surface area (Å²) in [7, 11) is 3.32. The molecule has 0 saturated carbocycles. The second kappa shape index (κ2) is 6.87. The molecule has 0 unspecified atom stereocenters. The molecule has 3 nitrogen and oxygen atoms in total. The van der Waals surface area contributed by atoms with E-state index in [1.807, 2.05) is 12.1 Å². The van der Waals surface area contributed by atoms with Gasteiger partial charge >= 0.3 is 0 Å². The number of hydrogen-bond donors (Lipinski definition) is 1. The third-order valence-electron chi connectivity index (χ3n) is 2.44. The van der Waals surface area contributed by atoms with Crippen molar-refractivity contribution >= 4 is 15.9 Å². The lowest BCUT2D eigenvalue weighted by Crippen LogP contribution is -2.19. The Morgan fingerprint density at radius 1 is 1.24 bits per heavy atom. The Morgan fingerprint density at radius 2 is 1.94 bits per heavy atom. The van der Waals surface area contributed by atoms with Crippen LogP contribution in [0.15, 0.2) is 16.6 Å². The van der Waals surface area contributed by atoms with E-state index in [-0.39, 0.29) is 0 Å². The van der Waals surface area contributed by atoms with Gasteiger partial charge in [-0.1, -0.05) is 19.9 Å². The standard InChI is InChI=1S/C13H20BrNO2/c1-9(2)7-15-8-10-5-6-11(16-3)12(14)13(10)17-4/h5-6,9,15H,7-8H2,1-4H3. The van der Waals surface area contributed by atoms with Crippen LogP contribution in [0, 0.1) is 5.92 Å². The first-order chi connectivity index (χ1) is 8.10. The molecule has 0 fully saturated rings. The van der Waals surface area contributed by atoms with E-state index in [9.17, 15) is 0 Å². The van der Waals surface area contributed by atoms with Crippen molar-refractivity contribution in [3.05, 3.63) is 22.2 Å². The molecule has 0 saturated heterocycles. The van der Waals surface area contributed by atoms with E-state index in [4.69, 9.17) is 9.47 Å². The number of methoxy groups -OCH3 is 2. The van der Waals surface area contributed by atoms with Gasteiger partial charge in [0, 0.05) is 12.1 Å². The fraction of sp³-hybridized carbons (Fsp3) is 0.538. The minimum absolute atomic E-state index is 0.641. The summed E-state index contributed by atoms with van der Waals surface area (Å²) in [6.45, 7) is 6.17. The first-order valence-electron chi connectivity index (χ1n) is 5.70. The summed E-state index contributed by atoms with van der Waals surface area (Å²) in [5, 5.41) is 3.40. The molecule has 0 amide bonds. The van der Waals surface area contributed by atoms with Crippen LogP contribution >= 0.6 is 15.9 Å². The van der Waals surface area contributed by atoms with Crippen LogP contribution in [0.2, 0.25) is 0 Å². The lowest BCUT2D eigenvalue weighted by Gasteiger charge is -2.14. The molecule has 0 heterocycles. The molecule has 0 atom stereocenters. The molecule has 0 aromatic heterocycles. The van der Waals surface area contributed by atoms with E-state index in [1.54, 1.807) is 14.2 Å². The number of benzene rings is 1. The molecule has 0 radical (unpaired) electrons. The molecular formula is C13H20BrNO2. The molecule has 17 heavy (non-hydrogen) atoms. The van der Waals surface area contributed by atoms with E-state index in [2.05, 4.69) is 35.1 Å². The fourth-order valence-electron chi connectivity index (χ4n) is 1.59. The van der Waals surface area contributed by atoms with Crippen LogP contribution in [0.3, 0.4) is 0 Å². The van der Waals surface area contributed by atoms with Gasteiger partial charge in [0.25, 0.3) is 0 Å². The van der Waals surface area contributed by atoms with Gasteiger partial charge in [0.05, 0.1) is 14.2 Å². The predicted octanol–water partition coefficient (Wildman–Crippen LogP) is 3.21. The van der Waals surface area contributed by atoms with E-state index in [0.717, 1.165) is 34.6 Å². The second-order valence-corrected chi connectivity index (χ2v) is 5.09. The zero-order valence-corrected chi connectivity index (χ0v) is 12.4. The number of hydrogen-bond acceptors (Lipinski definition) is 3. The van der Waals surface area contributed by atoms with Crippen LogP contribution in [0.1, 0.15) is 19.4 Å².